The Morgan fingerprint density at radius 2 is 1.61 bits per heavy atom. The molecule has 2 nitrogen and oxygen atoms in total. The molecule has 0 saturated heterocycles. The maximum Gasteiger partial charge on any atom is 0.153 e. The summed E-state index contributed by atoms with van der Waals surface area (Å²) in [6.45, 7) is 4.05. The quantitative estimate of drug-likeness (QED) is 0.669. The number of hydrogen-bond donors (Lipinski definition) is 0. The predicted octanol–water partition coefficient (Wildman–Crippen LogP) is 4.73. The predicted molar refractivity (Wildman–Crippen MR) is 74.5 cm³/mol. The van der Waals surface area contributed by atoms with E-state index in [-0.39, 0.29) is 0 Å². The van der Waals surface area contributed by atoms with Gasteiger partial charge in [-0.3, -0.25) is 0 Å². The number of fused-ring (bicyclic) bond motifs is 2. The highest BCUT2D eigenvalue weighted by atomic mass is 35.5. The van der Waals surface area contributed by atoms with Crippen LogP contribution in [-0.2, 0) is 0 Å². The van der Waals surface area contributed by atoms with Crippen LogP contribution in [0.25, 0.3) is 0 Å². The maximum absolute atomic E-state index is 6.24. The van der Waals surface area contributed by atoms with Crippen LogP contribution in [0.3, 0.4) is 0 Å². The Morgan fingerprint density at radius 3 is 2.39 bits per heavy atom. The zero-order valence-electron chi connectivity index (χ0n) is 10.2. The number of aryl methyl sites for hydroxylation is 2. The first kappa shape index (κ1) is 11.3. The van der Waals surface area contributed by atoms with Gasteiger partial charge < -0.3 is 4.74 Å². The van der Waals surface area contributed by atoms with Crippen molar-refractivity contribution in [3.05, 3.63) is 53.1 Å². The summed E-state index contributed by atoms with van der Waals surface area (Å²) in [5, 5.41) is 0.465. The van der Waals surface area contributed by atoms with Crippen LogP contribution in [0, 0.1) is 13.8 Å². The van der Waals surface area contributed by atoms with Crippen molar-refractivity contribution in [3.8, 4) is 11.5 Å². The molecule has 1 heterocycles. The van der Waals surface area contributed by atoms with Crippen molar-refractivity contribution in [2.24, 2.45) is 4.99 Å². The van der Waals surface area contributed by atoms with Crippen LogP contribution < -0.4 is 4.74 Å². The second-order valence-electron chi connectivity index (χ2n) is 4.48. The molecule has 1 aliphatic rings. The molecular formula is C15H12ClNO. The summed E-state index contributed by atoms with van der Waals surface area (Å²) in [4.78, 5) is 4.41. The second kappa shape index (κ2) is 4.14. The zero-order valence-corrected chi connectivity index (χ0v) is 11.0. The third-order valence-electron chi connectivity index (χ3n) is 2.91. The third-order valence-corrected chi connectivity index (χ3v) is 3.20. The van der Waals surface area contributed by atoms with Gasteiger partial charge in [0.05, 0.1) is 5.56 Å². The molecule has 0 aromatic heterocycles. The van der Waals surface area contributed by atoms with E-state index in [2.05, 4.69) is 4.99 Å². The van der Waals surface area contributed by atoms with E-state index in [1.807, 2.05) is 50.2 Å². The van der Waals surface area contributed by atoms with Gasteiger partial charge in [-0.2, -0.15) is 0 Å². The third kappa shape index (κ3) is 1.89. The molecule has 0 atom stereocenters. The molecule has 0 fully saturated rings. The molecule has 3 rings (SSSR count). The van der Waals surface area contributed by atoms with Gasteiger partial charge in [0, 0.05) is 0 Å². The van der Waals surface area contributed by atoms with E-state index in [1.54, 1.807) is 0 Å². The summed E-state index contributed by atoms with van der Waals surface area (Å²) in [5.74, 6) is 1.51. The molecule has 0 saturated carbocycles. The zero-order chi connectivity index (χ0) is 12.7. The molecule has 2 aromatic rings. The minimum atomic E-state index is 0.465. The van der Waals surface area contributed by atoms with Crippen LogP contribution in [0.5, 0.6) is 11.5 Å². The van der Waals surface area contributed by atoms with E-state index in [0.29, 0.717) is 5.17 Å². The number of benzene rings is 2. The van der Waals surface area contributed by atoms with E-state index >= 15 is 0 Å². The summed E-state index contributed by atoms with van der Waals surface area (Å²) >= 11 is 6.24. The van der Waals surface area contributed by atoms with Gasteiger partial charge in [0.25, 0.3) is 0 Å². The Kier molecular flexibility index (Phi) is 2.60. The fourth-order valence-corrected chi connectivity index (χ4v) is 2.21. The molecule has 2 aromatic carbocycles. The van der Waals surface area contributed by atoms with E-state index in [9.17, 15) is 0 Å². The first-order chi connectivity index (χ1) is 8.63. The summed E-state index contributed by atoms with van der Waals surface area (Å²) in [6, 6.07) is 11.8. The molecular weight excluding hydrogens is 246 g/mol. The van der Waals surface area contributed by atoms with E-state index in [4.69, 9.17) is 16.3 Å². The van der Waals surface area contributed by atoms with Crippen molar-refractivity contribution < 1.29 is 4.74 Å². The summed E-state index contributed by atoms with van der Waals surface area (Å²) in [5.41, 5.74) is 3.86. The van der Waals surface area contributed by atoms with Gasteiger partial charge in [-0.25, -0.2) is 4.99 Å². The largest absolute Gasteiger partial charge is 0.454 e. The number of halogens is 1. The number of rotatable bonds is 0. The van der Waals surface area contributed by atoms with Crippen molar-refractivity contribution in [2.45, 2.75) is 13.8 Å². The van der Waals surface area contributed by atoms with Crippen LogP contribution in [0.4, 0.5) is 5.69 Å². The molecule has 0 spiro atoms. The maximum atomic E-state index is 6.24. The average Bonchev–Trinajstić information content (AvgIpc) is 2.44. The topological polar surface area (TPSA) is 21.6 Å². The highest BCUT2D eigenvalue weighted by Gasteiger charge is 2.16. The number of hydrogen-bond acceptors (Lipinski definition) is 2. The van der Waals surface area contributed by atoms with Crippen molar-refractivity contribution in [1.82, 2.24) is 0 Å². The van der Waals surface area contributed by atoms with Crippen molar-refractivity contribution in [3.63, 3.8) is 0 Å². The molecule has 90 valence electrons. The minimum Gasteiger partial charge on any atom is -0.454 e. The standard InChI is InChI=1S/C15H12ClNO/c1-9-3-5-11-13(7-9)18-14-8-10(2)4-6-12(14)17-15(11)16/h3-8H,1-2H3. The van der Waals surface area contributed by atoms with Crippen molar-refractivity contribution in [1.29, 1.82) is 0 Å². The van der Waals surface area contributed by atoms with Gasteiger partial charge in [-0.05, 0) is 49.2 Å². The Labute approximate surface area is 111 Å². The fourth-order valence-electron chi connectivity index (χ4n) is 1.96. The van der Waals surface area contributed by atoms with E-state index in [1.165, 1.54) is 0 Å². The monoisotopic (exact) mass is 257 g/mol. The van der Waals surface area contributed by atoms with Gasteiger partial charge in [-0.1, -0.05) is 23.7 Å². The first-order valence-electron chi connectivity index (χ1n) is 5.77. The molecule has 0 unspecified atom stereocenters. The Balaban J connectivity index is 2.23. The lowest BCUT2D eigenvalue weighted by molar-refractivity contribution is 0.484. The lowest BCUT2D eigenvalue weighted by atomic mass is 10.1. The minimum absolute atomic E-state index is 0.465. The first-order valence-corrected chi connectivity index (χ1v) is 6.15. The lowest BCUT2D eigenvalue weighted by Gasteiger charge is -2.09. The number of nitrogens with zero attached hydrogens (tertiary/aromatic N) is 1. The second-order valence-corrected chi connectivity index (χ2v) is 4.83. The fraction of sp³-hybridized carbons (Fsp3) is 0.133. The number of aliphatic imine (C=N–C) groups is 1. The van der Waals surface area contributed by atoms with Crippen LogP contribution in [0.2, 0.25) is 0 Å². The average molecular weight is 258 g/mol. The molecule has 0 aliphatic carbocycles. The van der Waals surface area contributed by atoms with E-state index < -0.39 is 0 Å². The van der Waals surface area contributed by atoms with Gasteiger partial charge in [0.1, 0.15) is 16.6 Å². The molecule has 1 aliphatic heterocycles. The van der Waals surface area contributed by atoms with Gasteiger partial charge in [0.2, 0.25) is 0 Å². The molecule has 3 heteroatoms. The van der Waals surface area contributed by atoms with E-state index in [0.717, 1.165) is 33.9 Å². The summed E-state index contributed by atoms with van der Waals surface area (Å²) in [7, 11) is 0. The summed E-state index contributed by atoms with van der Waals surface area (Å²) in [6.07, 6.45) is 0. The van der Waals surface area contributed by atoms with Crippen LogP contribution in [0.1, 0.15) is 16.7 Å². The molecule has 0 amide bonds. The van der Waals surface area contributed by atoms with Gasteiger partial charge in [0.15, 0.2) is 5.75 Å². The highest BCUT2D eigenvalue weighted by molar-refractivity contribution is 6.70. The molecule has 0 bridgehead atoms. The van der Waals surface area contributed by atoms with Crippen LogP contribution >= 0.6 is 11.6 Å². The SMILES string of the molecule is Cc1ccc2c(c1)Oc1cc(C)ccc1C(Cl)=N2. The van der Waals surface area contributed by atoms with Crippen LogP contribution in [0.15, 0.2) is 41.4 Å². The lowest BCUT2D eigenvalue weighted by Crippen LogP contribution is -1.93. The highest BCUT2D eigenvalue weighted by Crippen LogP contribution is 2.39. The van der Waals surface area contributed by atoms with Crippen molar-refractivity contribution >= 4 is 22.5 Å². The molecule has 18 heavy (non-hydrogen) atoms. The number of ether oxygens (including phenoxy) is 1. The molecule has 0 radical (unpaired) electrons. The van der Waals surface area contributed by atoms with Gasteiger partial charge in [-0.15, -0.1) is 0 Å². The summed E-state index contributed by atoms with van der Waals surface area (Å²) < 4.78 is 5.94. The Bertz CT molecular complexity index is 662. The van der Waals surface area contributed by atoms with Gasteiger partial charge >= 0.3 is 0 Å². The molecule has 0 N–H and O–H groups in total. The Morgan fingerprint density at radius 1 is 0.944 bits per heavy atom. The Hall–Kier alpha value is -1.80. The van der Waals surface area contributed by atoms with Crippen LogP contribution in [-0.4, -0.2) is 5.17 Å². The smallest absolute Gasteiger partial charge is 0.153 e. The van der Waals surface area contributed by atoms with Crippen molar-refractivity contribution in [2.75, 3.05) is 0 Å². The normalized spacial score (nSPS) is 12.9.